The molecule has 0 N–H and O–H groups in total. The molecule has 0 spiro atoms. The highest BCUT2D eigenvalue weighted by molar-refractivity contribution is 6.31. The van der Waals surface area contributed by atoms with Crippen molar-refractivity contribution in [1.29, 1.82) is 0 Å². The van der Waals surface area contributed by atoms with Gasteiger partial charge >= 0.3 is 0 Å². The highest BCUT2D eigenvalue weighted by Crippen LogP contribution is 2.32. The van der Waals surface area contributed by atoms with Gasteiger partial charge in [0.05, 0.1) is 17.6 Å². The summed E-state index contributed by atoms with van der Waals surface area (Å²) in [6.07, 6.45) is 2.97. The van der Waals surface area contributed by atoms with Gasteiger partial charge in [0, 0.05) is 53.9 Å². The lowest BCUT2D eigenvalue weighted by molar-refractivity contribution is 0.260. The van der Waals surface area contributed by atoms with E-state index in [9.17, 15) is 0 Å². The highest BCUT2D eigenvalue weighted by Gasteiger charge is 2.20. The Kier molecular flexibility index (Phi) is 7.10. The fraction of sp³-hybridized carbons (Fsp3) is 0.214. The molecule has 2 heterocycles. The van der Waals surface area contributed by atoms with E-state index in [0.29, 0.717) is 10.0 Å². The van der Waals surface area contributed by atoms with Crippen LogP contribution in [0.5, 0.6) is 0 Å². The number of hydrogen-bond acceptors (Lipinski definition) is 4. The minimum atomic E-state index is 0.700. The summed E-state index contributed by atoms with van der Waals surface area (Å²) in [4.78, 5) is 14.8. The van der Waals surface area contributed by atoms with Crippen LogP contribution in [0.1, 0.15) is 5.56 Å². The minimum absolute atomic E-state index is 0.700. The standard InChI is InChI=1S/C28H26Cl2N4/c29-24-10-6-22(7-11-24)27-28(23-8-12-25(30)13-9-23)32-26(20-31-27)34-18-16-33(17-19-34)15-14-21-4-2-1-3-5-21/h1-13,20H,14-19H2. The molecule has 1 saturated heterocycles. The lowest BCUT2D eigenvalue weighted by Gasteiger charge is -2.35. The normalized spacial score (nSPS) is 14.4. The topological polar surface area (TPSA) is 32.3 Å². The van der Waals surface area contributed by atoms with Crippen molar-refractivity contribution in [2.24, 2.45) is 0 Å². The van der Waals surface area contributed by atoms with E-state index in [-0.39, 0.29) is 0 Å². The molecule has 4 nitrogen and oxygen atoms in total. The molecular formula is C28H26Cl2N4. The minimum Gasteiger partial charge on any atom is -0.353 e. The van der Waals surface area contributed by atoms with E-state index in [1.54, 1.807) is 0 Å². The molecule has 1 fully saturated rings. The third kappa shape index (κ3) is 5.41. The summed E-state index contributed by atoms with van der Waals surface area (Å²) in [6, 6.07) is 26.2. The Morgan fingerprint density at radius 3 is 1.88 bits per heavy atom. The number of halogens is 2. The summed E-state index contributed by atoms with van der Waals surface area (Å²) < 4.78 is 0. The number of nitrogens with zero attached hydrogens (tertiary/aromatic N) is 4. The monoisotopic (exact) mass is 488 g/mol. The van der Waals surface area contributed by atoms with Gasteiger partial charge < -0.3 is 4.90 Å². The molecule has 1 aliphatic rings. The lowest BCUT2D eigenvalue weighted by atomic mass is 10.0. The molecule has 0 bridgehead atoms. The van der Waals surface area contributed by atoms with Crippen molar-refractivity contribution in [2.45, 2.75) is 6.42 Å². The maximum atomic E-state index is 6.14. The second-order valence-electron chi connectivity index (χ2n) is 8.50. The van der Waals surface area contributed by atoms with Gasteiger partial charge in [-0.1, -0.05) is 77.8 Å². The van der Waals surface area contributed by atoms with Gasteiger partial charge in [-0.25, -0.2) is 4.98 Å². The molecule has 1 aromatic heterocycles. The summed E-state index contributed by atoms with van der Waals surface area (Å²) in [6.45, 7) is 4.98. The van der Waals surface area contributed by atoms with Gasteiger partial charge in [-0.15, -0.1) is 0 Å². The Morgan fingerprint density at radius 1 is 0.676 bits per heavy atom. The predicted octanol–water partition coefficient (Wildman–Crippen LogP) is 6.48. The fourth-order valence-corrected chi connectivity index (χ4v) is 4.54. The van der Waals surface area contributed by atoms with Gasteiger partial charge in [0.2, 0.25) is 0 Å². The Hall–Kier alpha value is -2.92. The van der Waals surface area contributed by atoms with Crippen molar-refractivity contribution in [2.75, 3.05) is 37.6 Å². The van der Waals surface area contributed by atoms with Gasteiger partial charge in [0.25, 0.3) is 0 Å². The average molecular weight is 489 g/mol. The number of benzene rings is 3. The number of piperazine rings is 1. The van der Waals surface area contributed by atoms with Gasteiger partial charge in [-0.2, -0.15) is 0 Å². The number of anilines is 1. The molecule has 0 radical (unpaired) electrons. The molecule has 0 amide bonds. The maximum Gasteiger partial charge on any atom is 0.147 e. The predicted molar refractivity (Wildman–Crippen MR) is 142 cm³/mol. The smallest absolute Gasteiger partial charge is 0.147 e. The molecule has 0 aliphatic carbocycles. The second kappa shape index (κ2) is 10.6. The SMILES string of the molecule is Clc1ccc(-c2ncc(N3CCN(CCc4ccccc4)CC3)nc2-c2ccc(Cl)cc2)cc1. The van der Waals surface area contributed by atoms with Crippen molar-refractivity contribution in [3.05, 3.63) is 101 Å². The van der Waals surface area contributed by atoms with Crippen LogP contribution in [0.25, 0.3) is 22.5 Å². The van der Waals surface area contributed by atoms with E-state index < -0.39 is 0 Å². The largest absolute Gasteiger partial charge is 0.353 e. The molecule has 1 aliphatic heterocycles. The van der Waals surface area contributed by atoms with E-state index in [1.165, 1.54) is 5.56 Å². The number of aromatic nitrogens is 2. The summed E-state index contributed by atoms with van der Waals surface area (Å²) >= 11 is 12.2. The van der Waals surface area contributed by atoms with Crippen molar-refractivity contribution in [3.8, 4) is 22.5 Å². The lowest BCUT2D eigenvalue weighted by Crippen LogP contribution is -2.47. The third-order valence-corrected chi connectivity index (χ3v) is 6.75. The van der Waals surface area contributed by atoms with Crippen LogP contribution in [0, 0.1) is 0 Å². The fourth-order valence-electron chi connectivity index (χ4n) is 4.29. The summed E-state index contributed by atoms with van der Waals surface area (Å²) in [5.74, 6) is 0.908. The molecule has 172 valence electrons. The Morgan fingerprint density at radius 2 is 1.26 bits per heavy atom. The zero-order chi connectivity index (χ0) is 23.3. The van der Waals surface area contributed by atoms with E-state index in [1.807, 2.05) is 54.7 Å². The first kappa shape index (κ1) is 22.9. The highest BCUT2D eigenvalue weighted by atomic mass is 35.5. The average Bonchev–Trinajstić information content (AvgIpc) is 2.89. The molecule has 4 aromatic rings. The van der Waals surface area contributed by atoms with Crippen LogP contribution in [-0.2, 0) is 6.42 Å². The van der Waals surface area contributed by atoms with Crippen molar-refractivity contribution < 1.29 is 0 Å². The van der Waals surface area contributed by atoms with Crippen molar-refractivity contribution in [3.63, 3.8) is 0 Å². The number of rotatable bonds is 6. The van der Waals surface area contributed by atoms with Crippen LogP contribution < -0.4 is 4.90 Å². The summed E-state index contributed by atoms with van der Waals surface area (Å²) in [5.41, 5.74) is 5.05. The molecule has 5 rings (SSSR count). The third-order valence-electron chi connectivity index (χ3n) is 6.25. The molecule has 3 aromatic carbocycles. The van der Waals surface area contributed by atoms with Crippen LogP contribution in [0.15, 0.2) is 85.1 Å². The van der Waals surface area contributed by atoms with Crippen LogP contribution >= 0.6 is 23.2 Å². The van der Waals surface area contributed by atoms with E-state index in [2.05, 4.69) is 40.1 Å². The Labute approximate surface area is 210 Å². The van der Waals surface area contributed by atoms with E-state index in [4.69, 9.17) is 33.2 Å². The molecule has 0 unspecified atom stereocenters. The summed E-state index contributed by atoms with van der Waals surface area (Å²) in [5, 5.41) is 1.40. The maximum absolute atomic E-state index is 6.14. The Bertz CT molecular complexity index is 1220. The molecule has 6 heteroatoms. The quantitative estimate of drug-likeness (QED) is 0.310. The first-order chi connectivity index (χ1) is 16.7. The first-order valence-electron chi connectivity index (χ1n) is 11.6. The van der Waals surface area contributed by atoms with Crippen LogP contribution in [0.3, 0.4) is 0 Å². The van der Waals surface area contributed by atoms with Crippen molar-refractivity contribution in [1.82, 2.24) is 14.9 Å². The van der Waals surface area contributed by atoms with E-state index >= 15 is 0 Å². The molecule has 0 atom stereocenters. The zero-order valence-corrected chi connectivity index (χ0v) is 20.4. The van der Waals surface area contributed by atoms with Crippen LogP contribution in [0.4, 0.5) is 5.82 Å². The van der Waals surface area contributed by atoms with Crippen molar-refractivity contribution >= 4 is 29.0 Å². The summed E-state index contributed by atoms with van der Waals surface area (Å²) in [7, 11) is 0. The number of hydrogen-bond donors (Lipinski definition) is 0. The first-order valence-corrected chi connectivity index (χ1v) is 12.3. The van der Waals surface area contributed by atoms with Gasteiger partial charge in [0.15, 0.2) is 0 Å². The van der Waals surface area contributed by atoms with Gasteiger partial charge in [-0.05, 0) is 36.2 Å². The van der Waals surface area contributed by atoms with E-state index in [0.717, 1.165) is 67.5 Å². The Balaban J connectivity index is 1.35. The van der Waals surface area contributed by atoms with Crippen LogP contribution in [0.2, 0.25) is 10.0 Å². The van der Waals surface area contributed by atoms with Gasteiger partial charge in [0.1, 0.15) is 5.82 Å². The van der Waals surface area contributed by atoms with Crippen LogP contribution in [-0.4, -0.2) is 47.6 Å². The second-order valence-corrected chi connectivity index (χ2v) is 9.38. The molecule has 34 heavy (non-hydrogen) atoms. The zero-order valence-electron chi connectivity index (χ0n) is 18.9. The molecule has 0 saturated carbocycles. The van der Waals surface area contributed by atoms with Gasteiger partial charge in [-0.3, -0.25) is 9.88 Å². The molecular weight excluding hydrogens is 463 g/mol.